The van der Waals surface area contributed by atoms with E-state index in [1.165, 1.54) is 18.4 Å². The van der Waals surface area contributed by atoms with Crippen LogP contribution in [0.25, 0.3) is 0 Å². The predicted molar refractivity (Wildman–Crippen MR) is 80.0 cm³/mol. The first-order valence-corrected chi connectivity index (χ1v) is 7.64. The Morgan fingerprint density at radius 1 is 1.21 bits per heavy atom. The van der Waals surface area contributed by atoms with Crippen LogP contribution in [0, 0.1) is 11.3 Å². The van der Waals surface area contributed by atoms with Gasteiger partial charge in [0.05, 0.1) is 0 Å². The molecule has 0 saturated heterocycles. The highest BCUT2D eigenvalue weighted by Gasteiger charge is 2.34. The smallest absolute Gasteiger partial charge is 0.0499 e. The molecule has 0 radical (unpaired) electrons. The van der Waals surface area contributed by atoms with E-state index in [0.29, 0.717) is 6.04 Å². The van der Waals surface area contributed by atoms with Crippen LogP contribution in [0.1, 0.15) is 51.1 Å². The van der Waals surface area contributed by atoms with Crippen LogP contribution in [0.5, 0.6) is 0 Å². The molecule has 1 aliphatic carbocycles. The molecule has 106 valence electrons. The van der Waals surface area contributed by atoms with Gasteiger partial charge in [0.25, 0.3) is 0 Å². The summed E-state index contributed by atoms with van der Waals surface area (Å²) in [4.78, 5) is 0. The number of benzene rings is 1. The van der Waals surface area contributed by atoms with Gasteiger partial charge in [-0.05, 0) is 37.2 Å². The fourth-order valence-electron chi connectivity index (χ4n) is 2.75. The number of aliphatic hydroxyl groups excluding tert-OH is 1. The van der Waals surface area contributed by atoms with Crippen LogP contribution in [0.3, 0.4) is 0 Å². The van der Waals surface area contributed by atoms with E-state index in [9.17, 15) is 5.11 Å². The number of rotatable bonds is 8. The average Bonchev–Trinajstić information content (AvgIpc) is 3.30. The zero-order chi connectivity index (χ0) is 13.7. The summed E-state index contributed by atoms with van der Waals surface area (Å²) in [6.07, 6.45) is 4.71. The van der Waals surface area contributed by atoms with Crippen molar-refractivity contribution in [3.8, 4) is 0 Å². The van der Waals surface area contributed by atoms with Gasteiger partial charge in [0.1, 0.15) is 0 Å². The van der Waals surface area contributed by atoms with Crippen LogP contribution in [0.2, 0.25) is 0 Å². The summed E-state index contributed by atoms with van der Waals surface area (Å²) < 4.78 is 0. The molecule has 1 aromatic rings. The predicted octanol–water partition coefficient (Wildman–Crippen LogP) is 3.53. The monoisotopic (exact) mass is 261 g/mol. The molecule has 19 heavy (non-hydrogen) atoms. The molecule has 0 spiro atoms. The molecule has 1 unspecified atom stereocenters. The van der Waals surface area contributed by atoms with Crippen molar-refractivity contribution in [3.63, 3.8) is 0 Å². The Hall–Kier alpha value is -0.860. The van der Waals surface area contributed by atoms with Crippen LogP contribution in [-0.4, -0.2) is 18.3 Å². The lowest BCUT2D eigenvalue weighted by Gasteiger charge is -2.32. The summed E-state index contributed by atoms with van der Waals surface area (Å²) in [7, 11) is 0. The fourth-order valence-corrected chi connectivity index (χ4v) is 2.75. The average molecular weight is 261 g/mol. The van der Waals surface area contributed by atoms with Gasteiger partial charge in [0, 0.05) is 24.6 Å². The first-order chi connectivity index (χ1) is 9.24. The van der Waals surface area contributed by atoms with Crippen molar-refractivity contribution in [1.82, 2.24) is 5.32 Å². The van der Waals surface area contributed by atoms with Crippen LogP contribution in [0.4, 0.5) is 0 Å². The van der Waals surface area contributed by atoms with Crippen molar-refractivity contribution in [1.29, 1.82) is 0 Å². The number of nitrogens with one attached hydrogen (secondary N) is 1. The van der Waals surface area contributed by atoms with Gasteiger partial charge in [-0.2, -0.15) is 0 Å². The number of aliphatic hydroxyl groups is 1. The molecule has 2 nitrogen and oxygen atoms in total. The van der Waals surface area contributed by atoms with Crippen molar-refractivity contribution in [2.45, 2.75) is 45.6 Å². The Kier molecular flexibility index (Phi) is 5.00. The number of hydrogen-bond donors (Lipinski definition) is 2. The quantitative estimate of drug-likeness (QED) is 0.750. The highest BCUT2D eigenvalue weighted by atomic mass is 16.3. The molecule has 1 fully saturated rings. The van der Waals surface area contributed by atoms with Gasteiger partial charge in [0.2, 0.25) is 0 Å². The molecular weight excluding hydrogens is 234 g/mol. The summed E-state index contributed by atoms with van der Waals surface area (Å²) in [5.74, 6) is 0.785. The third kappa shape index (κ3) is 3.58. The van der Waals surface area contributed by atoms with Crippen LogP contribution in [0.15, 0.2) is 30.3 Å². The van der Waals surface area contributed by atoms with E-state index in [4.69, 9.17) is 0 Å². The SMILES string of the molecule is CCC(CC)(CO)CNC(c1ccccc1)C1CC1. The molecule has 0 bridgehead atoms. The highest BCUT2D eigenvalue weighted by molar-refractivity contribution is 5.21. The van der Waals surface area contributed by atoms with Crippen LogP contribution < -0.4 is 5.32 Å². The van der Waals surface area contributed by atoms with Gasteiger partial charge in [-0.1, -0.05) is 44.2 Å². The molecule has 1 aromatic carbocycles. The molecule has 2 N–H and O–H groups in total. The standard InChI is InChI=1S/C17H27NO/c1-3-17(4-2,13-19)12-18-16(15-10-11-15)14-8-6-5-7-9-14/h5-9,15-16,18-19H,3-4,10-13H2,1-2H3. The van der Waals surface area contributed by atoms with E-state index in [1.54, 1.807) is 0 Å². The van der Waals surface area contributed by atoms with Crippen molar-refractivity contribution >= 4 is 0 Å². The van der Waals surface area contributed by atoms with Crippen molar-refractivity contribution < 1.29 is 5.11 Å². The molecule has 2 rings (SSSR count). The molecule has 1 saturated carbocycles. The highest BCUT2D eigenvalue weighted by Crippen LogP contribution is 2.41. The van der Waals surface area contributed by atoms with E-state index in [0.717, 1.165) is 25.3 Å². The minimum absolute atomic E-state index is 0.0436. The van der Waals surface area contributed by atoms with E-state index in [-0.39, 0.29) is 12.0 Å². The van der Waals surface area contributed by atoms with Gasteiger partial charge in [-0.25, -0.2) is 0 Å². The summed E-state index contributed by atoms with van der Waals surface area (Å²) in [6, 6.07) is 11.2. The second kappa shape index (κ2) is 6.53. The maximum absolute atomic E-state index is 9.67. The minimum Gasteiger partial charge on any atom is -0.396 e. The molecule has 2 heteroatoms. The van der Waals surface area contributed by atoms with E-state index in [1.807, 2.05) is 0 Å². The lowest BCUT2D eigenvalue weighted by atomic mass is 9.82. The van der Waals surface area contributed by atoms with Crippen molar-refractivity contribution in [2.75, 3.05) is 13.2 Å². The Morgan fingerprint density at radius 2 is 1.84 bits per heavy atom. The molecule has 0 heterocycles. The Bertz CT molecular complexity index is 360. The third-order valence-electron chi connectivity index (χ3n) is 4.78. The maximum atomic E-state index is 9.67. The van der Waals surface area contributed by atoms with E-state index < -0.39 is 0 Å². The minimum atomic E-state index is 0.0436. The largest absolute Gasteiger partial charge is 0.396 e. The van der Waals surface area contributed by atoms with E-state index >= 15 is 0 Å². The zero-order valence-corrected chi connectivity index (χ0v) is 12.2. The maximum Gasteiger partial charge on any atom is 0.0499 e. The van der Waals surface area contributed by atoms with Gasteiger partial charge >= 0.3 is 0 Å². The summed E-state index contributed by atoms with van der Waals surface area (Å²) >= 11 is 0. The molecular formula is C17H27NO. The topological polar surface area (TPSA) is 32.3 Å². The first-order valence-electron chi connectivity index (χ1n) is 7.64. The summed E-state index contributed by atoms with van der Waals surface area (Å²) in [5, 5.41) is 13.4. The van der Waals surface area contributed by atoms with Crippen molar-refractivity contribution in [2.24, 2.45) is 11.3 Å². The fraction of sp³-hybridized carbons (Fsp3) is 0.647. The van der Waals surface area contributed by atoms with Crippen molar-refractivity contribution in [3.05, 3.63) is 35.9 Å². The lowest BCUT2D eigenvalue weighted by molar-refractivity contribution is 0.108. The number of hydrogen-bond acceptors (Lipinski definition) is 2. The molecule has 1 atom stereocenters. The van der Waals surface area contributed by atoms with Gasteiger partial charge in [-0.3, -0.25) is 0 Å². The zero-order valence-electron chi connectivity index (χ0n) is 12.2. The van der Waals surface area contributed by atoms with Gasteiger partial charge in [0.15, 0.2) is 0 Å². The van der Waals surface area contributed by atoms with E-state index in [2.05, 4.69) is 49.5 Å². The Balaban J connectivity index is 2.02. The van der Waals surface area contributed by atoms with Gasteiger partial charge < -0.3 is 10.4 Å². The van der Waals surface area contributed by atoms with Crippen LogP contribution in [-0.2, 0) is 0 Å². The molecule has 0 aliphatic heterocycles. The molecule has 1 aliphatic rings. The van der Waals surface area contributed by atoms with Gasteiger partial charge in [-0.15, -0.1) is 0 Å². The Morgan fingerprint density at radius 3 is 2.32 bits per heavy atom. The lowest BCUT2D eigenvalue weighted by Crippen LogP contribution is -2.38. The summed E-state index contributed by atoms with van der Waals surface area (Å²) in [6.45, 7) is 5.54. The third-order valence-corrected chi connectivity index (χ3v) is 4.78. The normalized spacial score (nSPS) is 17.4. The first kappa shape index (κ1) is 14.5. The summed E-state index contributed by atoms with van der Waals surface area (Å²) in [5.41, 5.74) is 1.44. The van der Waals surface area contributed by atoms with Crippen LogP contribution >= 0.6 is 0 Å². The Labute approximate surface area is 117 Å². The second-order valence-corrected chi connectivity index (χ2v) is 5.97. The second-order valence-electron chi connectivity index (χ2n) is 5.97. The molecule has 0 amide bonds. The molecule has 0 aromatic heterocycles.